The quantitative estimate of drug-likeness (QED) is 0.210. The minimum atomic E-state index is 0. The first kappa shape index (κ1) is 25.0. The lowest BCUT2D eigenvalue weighted by Gasteiger charge is -2.36. The molecule has 0 bridgehead atoms. The molecule has 1 aliphatic heterocycles. The van der Waals surface area contributed by atoms with Gasteiger partial charge in [-0.05, 0) is 50.1 Å². The molecule has 0 aromatic carbocycles. The summed E-state index contributed by atoms with van der Waals surface area (Å²) in [7, 11) is 0. The summed E-state index contributed by atoms with van der Waals surface area (Å²) in [6.07, 6.45) is 4.88. The SMILES string of the molecule is CCNC(=NCC(c1cccs1)N1CCOC(C)C1)NCCCCSC.I. The number of ether oxygens (including phenoxy) is 1. The molecule has 1 saturated heterocycles. The van der Waals surface area contributed by atoms with Gasteiger partial charge in [0.05, 0.1) is 25.3 Å². The Balaban J connectivity index is 0.00000364. The highest BCUT2D eigenvalue weighted by atomic mass is 127. The molecule has 1 aromatic rings. The number of rotatable bonds is 10. The van der Waals surface area contributed by atoms with Crippen molar-refractivity contribution in [2.24, 2.45) is 4.99 Å². The summed E-state index contributed by atoms with van der Waals surface area (Å²) in [5.74, 6) is 2.16. The Labute approximate surface area is 190 Å². The van der Waals surface area contributed by atoms with Gasteiger partial charge in [-0.2, -0.15) is 11.8 Å². The molecule has 5 nitrogen and oxygen atoms in total. The van der Waals surface area contributed by atoms with Gasteiger partial charge >= 0.3 is 0 Å². The van der Waals surface area contributed by atoms with Gasteiger partial charge in [-0.15, -0.1) is 35.3 Å². The zero-order valence-electron chi connectivity index (χ0n) is 16.8. The highest BCUT2D eigenvalue weighted by Gasteiger charge is 2.26. The summed E-state index contributed by atoms with van der Waals surface area (Å²) in [6, 6.07) is 4.69. The molecule has 0 amide bonds. The van der Waals surface area contributed by atoms with Crippen molar-refractivity contribution < 1.29 is 4.74 Å². The van der Waals surface area contributed by atoms with Crippen molar-refractivity contribution in [1.82, 2.24) is 15.5 Å². The molecule has 8 heteroatoms. The number of hydrogen-bond acceptors (Lipinski definition) is 5. The van der Waals surface area contributed by atoms with E-state index in [4.69, 9.17) is 9.73 Å². The number of morpholine rings is 1. The van der Waals surface area contributed by atoms with Crippen LogP contribution in [0.4, 0.5) is 0 Å². The Hall–Kier alpha value is -0.0300. The molecule has 2 N–H and O–H groups in total. The smallest absolute Gasteiger partial charge is 0.191 e. The van der Waals surface area contributed by atoms with Crippen LogP contribution < -0.4 is 10.6 Å². The van der Waals surface area contributed by atoms with Crippen molar-refractivity contribution in [3.05, 3.63) is 22.4 Å². The third-order valence-electron chi connectivity index (χ3n) is 4.42. The summed E-state index contributed by atoms with van der Waals surface area (Å²) in [5.41, 5.74) is 0. The molecular weight excluding hydrogens is 491 g/mol. The standard InChI is InChI=1S/C19H34N4OS2.HI/c1-4-20-19(21-9-5-6-12-25-3)22-14-17(18-8-7-13-26-18)23-10-11-24-16(2)15-23;/h7-8,13,16-17H,4-6,9-12,14-15H2,1-3H3,(H2,20,21,22);1H. The fraction of sp³-hybridized carbons (Fsp3) is 0.737. The zero-order chi connectivity index (χ0) is 18.6. The molecule has 1 aromatic heterocycles. The second kappa shape index (κ2) is 14.9. The number of aliphatic imine (C=N–C) groups is 1. The maximum atomic E-state index is 5.72. The van der Waals surface area contributed by atoms with Crippen molar-refractivity contribution >= 4 is 53.0 Å². The third kappa shape index (κ3) is 9.34. The maximum Gasteiger partial charge on any atom is 0.191 e. The van der Waals surface area contributed by atoms with Gasteiger partial charge in [-0.25, -0.2) is 0 Å². The van der Waals surface area contributed by atoms with Gasteiger partial charge in [-0.3, -0.25) is 9.89 Å². The van der Waals surface area contributed by atoms with E-state index in [1.54, 1.807) is 0 Å². The number of thioether (sulfide) groups is 1. The third-order valence-corrected chi connectivity index (χ3v) is 6.09. The number of halogens is 1. The average Bonchev–Trinajstić information content (AvgIpc) is 3.16. The Kier molecular flexibility index (Phi) is 13.8. The second-order valence-electron chi connectivity index (χ2n) is 6.55. The van der Waals surface area contributed by atoms with Crippen LogP contribution in [-0.4, -0.2) is 68.3 Å². The first-order chi connectivity index (χ1) is 12.7. The molecule has 2 atom stereocenters. The first-order valence-electron chi connectivity index (χ1n) is 9.64. The summed E-state index contributed by atoms with van der Waals surface area (Å²) >= 11 is 3.73. The second-order valence-corrected chi connectivity index (χ2v) is 8.52. The van der Waals surface area contributed by atoms with Crippen LogP contribution >= 0.6 is 47.1 Å². The molecule has 0 saturated carbocycles. The lowest BCUT2D eigenvalue weighted by Crippen LogP contribution is -2.44. The van der Waals surface area contributed by atoms with E-state index in [2.05, 4.69) is 53.1 Å². The number of thiophene rings is 1. The van der Waals surface area contributed by atoms with Gasteiger partial charge in [-0.1, -0.05) is 6.07 Å². The molecule has 2 rings (SSSR count). The van der Waals surface area contributed by atoms with Crippen molar-refractivity contribution in [2.45, 2.75) is 38.8 Å². The Morgan fingerprint density at radius 2 is 2.30 bits per heavy atom. The van der Waals surface area contributed by atoms with E-state index in [1.807, 2.05) is 23.1 Å². The van der Waals surface area contributed by atoms with E-state index in [0.29, 0.717) is 6.04 Å². The van der Waals surface area contributed by atoms with E-state index >= 15 is 0 Å². The van der Waals surface area contributed by atoms with Crippen LogP contribution in [0.2, 0.25) is 0 Å². The number of nitrogens with zero attached hydrogens (tertiary/aromatic N) is 2. The number of guanidine groups is 1. The largest absolute Gasteiger partial charge is 0.376 e. The van der Waals surface area contributed by atoms with E-state index in [9.17, 15) is 0 Å². The number of hydrogen-bond donors (Lipinski definition) is 2. The van der Waals surface area contributed by atoms with Crippen molar-refractivity contribution in [1.29, 1.82) is 0 Å². The summed E-state index contributed by atoms with van der Waals surface area (Å²) in [5, 5.41) is 9.02. The van der Waals surface area contributed by atoms with Crippen LogP contribution in [0.3, 0.4) is 0 Å². The number of unbranched alkanes of at least 4 members (excludes halogenated alkanes) is 1. The molecule has 0 aliphatic carbocycles. The van der Waals surface area contributed by atoms with Crippen LogP contribution in [0.25, 0.3) is 0 Å². The van der Waals surface area contributed by atoms with Crippen LogP contribution in [0.5, 0.6) is 0 Å². The van der Waals surface area contributed by atoms with Gasteiger partial charge in [0.1, 0.15) is 0 Å². The minimum Gasteiger partial charge on any atom is -0.376 e. The van der Waals surface area contributed by atoms with E-state index < -0.39 is 0 Å². The molecule has 2 heterocycles. The first-order valence-corrected chi connectivity index (χ1v) is 11.9. The summed E-state index contributed by atoms with van der Waals surface area (Å²) in [6.45, 7) is 9.65. The summed E-state index contributed by atoms with van der Waals surface area (Å²) in [4.78, 5) is 8.81. The van der Waals surface area contributed by atoms with Crippen LogP contribution in [0.1, 0.15) is 37.6 Å². The van der Waals surface area contributed by atoms with Gasteiger partial charge < -0.3 is 15.4 Å². The summed E-state index contributed by atoms with van der Waals surface area (Å²) < 4.78 is 5.72. The predicted octanol–water partition coefficient (Wildman–Crippen LogP) is 3.83. The molecule has 156 valence electrons. The van der Waals surface area contributed by atoms with E-state index in [0.717, 1.165) is 45.3 Å². The molecule has 2 unspecified atom stereocenters. The zero-order valence-corrected chi connectivity index (χ0v) is 20.7. The lowest BCUT2D eigenvalue weighted by molar-refractivity contribution is -0.0327. The molecule has 0 spiro atoms. The van der Waals surface area contributed by atoms with E-state index in [1.165, 1.54) is 23.5 Å². The Morgan fingerprint density at radius 1 is 1.44 bits per heavy atom. The maximum absolute atomic E-state index is 5.72. The predicted molar refractivity (Wildman–Crippen MR) is 131 cm³/mol. The van der Waals surface area contributed by atoms with Crippen LogP contribution in [-0.2, 0) is 4.74 Å². The Bertz CT molecular complexity index is 516. The van der Waals surface area contributed by atoms with Gasteiger partial charge in [0.15, 0.2) is 5.96 Å². The fourth-order valence-corrected chi connectivity index (χ4v) is 4.44. The average molecular weight is 527 g/mol. The van der Waals surface area contributed by atoms with E-state index in [-0.39, 0.29) is 30.1 Å². The highest BCUT2D eigenvalue weighted by molar-refractivity contribution is 14.0. The van der Waals surface area contributed by atoms with Gasteiger partial charge in [0.25, 0.3) is 0 Å². The van der Waals surface area contributed by atoms with Crippen molar-refractivity contribution in [3.8, 4) is 0 Å². The van der Waals surface area contributed by atoms with Crippen LogP contribution in [0.15, 0.2) is 22.5 Å². The molecular formula is C19H35IN4OS2. The van der Waals surface area contributed by atoms with Gasteiger partial charge in [0, 0.05) is 31.1 Å². The number of nitrogens with one attached hydrogen (secondary N) is 2. The molecule has 1 fully saturated rings. The highest BCUT2D eigenvalue weighted by Crippen LogP contribution is 2.27. The van der Waals surface area contributed by atoms with Crippen LogP contribution in [0, 0.1) is 0 Å². The minimum absolute atomic E-state index is 0. The molecule has 1 aliphatic rings. The fourth-order valence-electron chi connectivity index (χ4n) is 3.09. The normalized spacial score (nSPS) is 19.4. The van der Waals surface area contributed by atoms with Crippen molar-refractivity contribution in [2.75, 3.05) is 51.3 Å². The lowest BCUT2D eigenvalue weighted by atomic mass is 10.1. The van der Waals surface area contributed by atoms with Gasteiger partial charge in [0.2, 0.25) is 0 Å². The molecule has 0 radical (unpaired) electrons. The Morgan fingerprint density at radius 3 is 2.96 bits per heavy atom. The topological polar surface area (TPSA) is 48.9 Å². The monoisotopic (exact) mass is 526 g/mol. The van der Waals surface area contributed by atoms with Crippen molar-refractivity contribution in [3.63, 3.8) is 0 Å². The molecule has 27 heavy (non-hydrogen) atoms.